The van der Waals surface area contributed by atoms with Crippen LogP contribution in [0.15, 0.2) is 0 Å². The normalized spacial score (nSPS) is 42.0. The molecule has 3 rings (SSSR count). The van der Waals surface area contributed by atoms with Crippen LogP contribution < -0.4 is 5.32 Å². The molecule has 0 amide bonds. The molecule has 0 aromatic carbocycles. The lowest BCUT2D eigenvalue weighted by Gasteiger charge is -2.46. The van der Waals surface area contributed by atoms with Crippen molar-refractivity contribution in [2.24, 2.45) is 17.8 Å². The Morgan fingerprint density at radius 3 is 2.48 bits per heavy atom. The molecule has 23 heavy (non-hydrogen) atoms. The van der Waals surface area contributed by atoms with Gasteiger partial charge in [-0.2, -0.15) is 0 Å². The number of likely N-dealkylation sites (tertiary alicyclic amines) is 1. The lowest BCUT2D eigenvalue weighted by atomic mass is 9.71. The monoisotopic (exact) mass is 328 g/mol. The summed E-state index contributed by atoms with van der Waals surface area (Å²) in [4.78, 5) is 24.4. The Balaban J connectivity index is 1.63. The molecule has 6 atom stereocenters. The molecule has 0 radical (unpaired) electrons. The third-order valence-corrected chi connectivity index (χ3v) is 5.87. The van der Waals surface area contributed by atoms with Crippen molar-refractivity contribution >= 4 is 11.9 Å². The van der Waals surface area contributed by atoms with E-state index < -0.39 is 30.1 Å². The Labute approximate surface area is 135 Å². The fourth-order valence-corrected chi connectivity index (χ4v) is 4.61. The van der Waals surface area contributed by atoms with Gasteiger partial charge in [-0.05, 0) is 50.5 Å². The highest BCUT2D eigenvalue weighted by Gasteiger charge is 2.41. The van der Waals surface area contributed by atoms with Crippen LogP contribution >= 0.6 is 0 Å². The molecule has 7 heteroatoms. The summed E-state index contributed by atoms with van der Waals surface area (Å²) in [5.41, 5.74) is 0. The molecule has 0 bridgehead atoms. The van der Waals surface area contributed by atoms with E-state index in [-0.39, 0.29) is 12.5 Å². The van der Waals surface area contributed by atoms with E-state index in [2.05, 4.69) is 5.32 Å². The average molecular weight is 328 g/mol. The minimum atomic E-state index is -1.08. The minimum absolute atomic E-state index is 0.107. The summed E-state index contributed by atoms with van der Waals surface area (Å²) in [6.45, 7) is 1.46. The van der Waals surface area contributed by atoms with E-state index in [1.165, 1.54) is 0 Å². The summed E-state index contributed by atoms with van der Waals surface area (Å²) in [6.07, 6.45) is 2.44. The summed E-state index contributed by atoms with van der Waals surface area (Å²) >= 11 is 0. The fraction of sp³-hybridized carbons (Fsp3) is 0.875. The van der Waals surface area contributed by atoms with Crippen LogP contribution in [0.3, 0.4) is 0 Å². The van der Waals surface area contributed by atoms with Gasteiger partial charge in [0.1, 0.15) is 12.2 Å². The van der Waals surface area contributed by atoms with Crippen molar-refractivity contribution in [1.29, 1.82) is 0 Å². The van der Waals surface area contributed by atoms with E-state index >= 15 is 0 Å². The van der Waals surface area contributed by atoms with Gasteiger partial charge >= 0.3 is 11.9 Å². The Morgan fingerprint density at radius 2 is 1.78 bits per heavy atom. The van der Waals surface area contributed by atoms with Gasteiger partial charge in [0.25, 0.3) is 0 Å². The first kappa shape index (κ1) is 16.6. The SMILES string of the molecule is O=C(O)C1CC2CC(N3C[C@@H](F)C[C@@H](C(=O)O)C3)CCC2CN1. The molecule has 2 heterocycles. The quantitative estimate of drug-likeness (QED) is 0.715. The summed E-state index contributed by atoms with van der Waals surface area (Å²) in [5.74, 6) is -1.53. The number of rotatable bonds is 3. The molecule has 0 aromatic heterocycles. The molecule has 4 unspecified atom stereocenters. The van der Waals surface area contributed by atoms with Gasteiger partial charge in [-0.25, -0.2) is 4.39 Å². The highest BCUT2D eigenvalue weighted by molar-refractivity contribution is 5.73. The van der Waals surface area contributed by atoms with Crippen molar-refractivity contribution < 1.29 is 24.2 Å². The zero-order valence-corrected chi connectivity index (χ0v) is 13.2. The maximum atomic E-state index is 13.9. The van der Waals surface area contributed by atoms with Gasteiger partial charge in [-0.3, -0.25) is 14.5 Å². The van der Waals surface area contributed by atoms with Crippen LogP contribution in [0.2, 0.25) is 0 Å². The second kappa shape index (κ2) is 6.73. The van der Waals surface area contributed by atoms with Crippen LogP contribution in [0.5, 0.6) is 0 Å². The maximum Gasteiger partial charge on any atom is 0.320 e. The van der Waals surface area contributed by atoms with E-state index in [1.54, 1.807) is 0 Å². The van der Waals surface area contributed by atoms with E-state index in [0.717, 1.165) is 25.8 Å². The summed E-state index contributed by atoms with van der Waals surface area (Å²) in [5, 5.41) is 21.5. The predicted octanol–water partition coefficient (Wildman–Crippen LogP) is 0.962. The Hall–Kier alpha value is -1.21. The molecule has 0 spiro atoms. The highest BCUT2D eigenvalue weighted by atomic mass is 19.1. The summed E-state index contributed by atoms with van der Waals surface area (Å²) in [7, 11) is 0. The van der Waals surface area contributed by atoms with Crippen molar-refractivity contribution in [1.82, 2.24) is 10.2 Å². The first-order valence-electron chi connectivity index (χ1n) is 8.51. The van der Waals surface area contributed by atoms with Crippen molar-refractivity contribution in [3.8, 4) is 0 Å². The minimum Gasteiger partial charge on any atom is -0.481 e. The van der Waals surface area contributed by atoms with Crippen LogP contribution in [0.1, 0.15) is 32.1 Å². The second-order valence-electron chi connectivity index (χ2n) is 7.34. The second-order valence-corrected chi connectivity index (χ2v) is 7.34. The molecular weight excluding hydrogens is 303 g/mol. The first-order chi connectivity index (χ1) is 10.9. The number of fused-ring (bicyclic) bond motifs is 1. The van der Waals surface area contributed by atoms with Gasteiger partial charge in [-0.15, -0.1) is 0 Å². The topological polar surface area (TPSA) is 89.9 Å². The van der Waals surface area contributed by atoms with E-state index in [4.69, 9.17) is 0 Å². The molecule has 0 aromatic rings. The molecule has 3 aliphatic rings. The number of carboxylic acids is 2. The number of alkyl halides is 1. The third-order valence-electron chi connectivity index (χ3n) is 5.87. The largest absolute Gasteiger partial charge is 0.481 e. The van der Waals surface area contributed by atoms with Crippen molar-refractivity contribution in [2.75, 3.05) is 19.6 Å². The summed E-state index contributed by atoms with van der Waals surface area (Å²) in [6, 6.07) is -0.304. The van der Waals surface area contributed by atoms with Gasteiger partial charge in [0.2, 0.25) is 0 Å². The molecule has 2 saturated heterocycles. The Kier molecular flexibility index (Phi) is 4.87. The Bertz CT molecular complexity index is 475. The number of carboxylic acid groups (broad SMARTS) is 2. The molecule has 3 fully saturated rings. The van der Waals surface area contributed by atoms with E-state index in [9.17, 15) is 24.2 Å². The molecule has 3 N–H and O–H groups in total. The van der Waals surface area contributed by atoms with E-state index in [1.807, 2.05) is 4.90 Å². The van der Waals surface area contributed by atoms with Crippen LogP contribution in [0, 0.1) is 17.8 Å². The molecule has 6 nitrogen and oxygen atoms in total. The number of aliphatic carboxylic acids is 2. The van der Waals surface area contributed by atoms with Gasteiger partial charge in [0.15, 0.2) is 0 Å². The number of halogens is 1. The van der Waals surface area contributed by atoms with Crippen LogP contribution in [-0.4, -0.2) is 64.9 Å². The molecule has 1 aliphatic carbocycles. The van der Waals surface area contributed by atoms with Crippen LogP contribution in [0.4, 0.5) is 4.39 Å². The molecular formula is C16H25FN2O4. The number of hydrogen-bond acceptors (Lipinski definition) is 4. The third kappa shape index (κ3) is 3.66. The first-order valence-corrected chi connectivity index (χ1v) is 8.51. The average Bonchev–Trinajstić information content (AvgIpc) is 2.53. The van der Waals surface area contributed by atoms with Gasteiger partial charge in [0, 0.05) is 19.1 Å². The number of carbonyl (C=O) groups is 2. The lowest BCUT2D eigenvalue weighted by Crippen LogP contribution is -2.54. The van der Waals surface area contributed by atoms with Crippen molar-refractivity contribution in [2.45, 2.75) is 50.4 Å². The standard InChI is InChI=1S/C16H25FN2O4/c17-12-3-11(15(20)21)7-19(8-12)13-2-1-9-6-18-14(16(22)23)5-10(9)4-13/h9-14,18H,1-8H2,(H,20,21)(H,22,23)/t9?,10?,11-,12+,13?,14?/m1/s1. The summed E-state index contributed by atoms with van der Waals surface area (Å²) < 4.78 is 13.9. The number of hydrogen-bond donors (Lipinski definition) is 3. The van der Waals surface area contributed by atoms with E-state index in [0.29, 0.717) is 31.3 Å². The lowest BCUT2D eigenvalue weighted by molar-refractivity contribution is -0.146. The zero-order chi connectivity index (χ0) is 16.6. The van der Waals surface area contributed by atoms with Gasteiger partial charge in [0.05, 0.1) is 5.92 Å². The van der Waals surface area contributed by atoms with Gasteiger partial charge in [-0.1, -0.05) is 0 Å². The van der Waals surface area contributed by atoms with Crippen LogP contribution in [0.25, 0.3) is 0 Å². The van der Waals surface area contributed by atoms with Crippen molar-refractivity contribution in [3.05, 3.63) is 0 Å². The van der Waals surface area contributed by atoms with Crippen LogP contribution in [-0.2, 0) is 9.59 Å². The zero-order valence-electron chi connectivity index (χ0n) is 13.2. The number of nitrogens with zero attached hydrogens (tertiary/aromatic N) is 1. The molecule has 2 aliphatic heterocycles. The molecule has 130 valence electrons. The predicted molar refractivity (Wildman–Crippen MR) is 80.9 cm³/mol. The van der Waals surface area contributed by atoms with Gasteiger partial charge < -0.3 is 15.5 Å². The smallest absolute Gasteiger partial charge is 0.320 e. The Morgan fingerprint density at radius 1 is 1.00 bits per heavy atom. The number of piperidine rings is 2. The van der Waals surface area contributed by atoms with Crippen molar-refractivity contribution in [3.63, 3.8) is 0 Å². The molecule has 1 saturated carbocycles. The fourth-order valence-electron chi connectivity index (χ4n) is 4.61. The number of nitrogens with one attached hydrogen (secondary N) is 1. The highest BCUT2D eigenvalue weighted by Crippen LogP contribution is 2.38. The maximum absolute atomic E-state index is 13.9.